The number of unbranched alkanes of at least 4 members (excludes halogenated alkanes) is 34. The fraction of sp³-hybridized carbons (Fsp3) is 1.00. The molecule has 0 spiro atoms. The van der Waals surface area contributed by atoms with E-state index >= 15 is 0 Å². The molecule has 0 aromatic rings. The van der Waals surface area contributed by atoms with Crippen LogP contribution in [0.2, 0.25) is 0 Å². The average molecular weight is 691 g/mol. The Balaban J connectivity index is 3.93. The van der Waals surface area contributed by atoms with Crippen molar-refractivity contribution in [3.05, 3.63) is 0 Å². The second-order valence-corrected chi connectivity index (χ2v) is 16.8. The molecule has 1 atom stereocenters. The van der Waals surface area contributed by atoms with Crippen molar-refractivity contribution in [2.24, 2.45) is 5.92 Å². The molecule has 0 saturated heterocycles. The highest BCUT2D eigenvalue weighted by Crippen LogP contribution is 2.25. The molecule has 0 fully saturated rings. The minimum absolute atomic E-state index is 0.0454. The van der Waals surface area contributed by atoms with Gasteiger partial charge in [0, 0.05) is 0 Å². The molecule has 1 N–H and O–H groups in total. The summed E-state index contributed by atoms with van der Waals surface area (Å²) >= 11 is 0. The zero-order valence-electron chi connectivity index (χ0n) is 35.0. The number of aliphatic hydroxyl groups excluding tert-OH is 1. The van der Waals surface area contributed by atoms with Gasteiger partial charge in [-0.15, -0.1) is 0 Å². The normalized spacial score (nSPS) is 12.4. The second kappa shape index (κ2) is 44.1. The molecule has 0 radical (unpaired) electrons. The van der Waals surface area contributed by atoms with E-state index in [1.165, 1.54) is 263 Å². The van der Waals surface area contributed by atoms with Gasteiger partial charge in [0.1, 0.15) is 0 Å². The molecule has 49 heavy (non-hydrogen) atoms. The van der Waals surface area contributed by atoms with Crippen LogP contribution in [-0.2, 0) is 0 Å². The summed E-state index contributed by atoms with van der Waals surface area (Å²) in [6.45, 7) is 6.89. The Kier molecular flexibility index (Phi) is 44.1. The van der Waals surface area contributed by atoms with E-state index in [2.05, 4.69) is 20.8 Å². The van der Waals surface area contributed by atoms with Gasteiger partial charge in [0.25, 0.3) is 0 Å². The lowest BCUT2D eigenvalue weighted by Gasteiger charge is -2.18. The van der Waals surface area contributed by atoms with Crippen molar-refractivity contribution >= 4 is 0 Å². The molecular weight excluding hydrogens is 593 g/mol. The molecule has 0 aliphatic heterocycles. The standard InChI is InChI=1S/C48H98O/c1-4-7-10-13-15-17-19-21-23-25-27-29-31-33-35-37-42-47(44-40-41-46-48(49)45-39-12-9-6-3)43-38-36-34-32-30-28-26-24-22-20-18-16-14-11-8-5-2/h47-49H,4-46H2,1-3H3. The summed E-state index contributed by atoms with van der Waals surface area (Å²) in [6.07, 6.45) is 60.9. The fourth-order valence-electron chi connectivity index (χ4n) is 8.16. The van der Waals surface area contributed by atoms with Crippen LogP contribution < -0.4 is 0 Å². The zero-order chi connectivity index (χ0) is 35.6. The maximum Gasteiger partial charge on any atom is 0.0540 e. The van der Waals surface area contributed by atoms with Gasteiger partial charge in [0.15, 0.2) is 0 Å². The van der Waals surface area contributed by atoms with Gasteiger partial charge in [-0.05, 0) is 18.8 Å². The maximum atomic E-state index is 10.4. The van der Waals surface area contributed by atoms with Crippen LogP contribution in [0.15, 0.2) is 0 Å². The van der Waals surface area contributed by atoms with Crippen LogP contribution in [0.4, 0.5) is 0 Å². The summed E-state index contributed by atoms with van der Waals surface area (Å²) in [5.41, 5.74) is 0. The third-order valence-electron chi connectivity index (χ3n) is 11.7. The van der Waals surface area contributed by atoms with Gasteiger partial charge in [-0.25, -0.2) is 0 Å². The molecule has 0 aromatic heterocycles. The van der Waals surface area contributed by atoms with Crippen molar-refractivity contribution in [2.45, 2.75) is 303 Å². The largest absolute Gasteiger partial charge is 0.393 e. The Bertz CT molecular complexity index is 521. The van der Waals surface area contributed by atoms with Crippen molar-refractivity contribution in [1.29, 1.82) is 0 Å². The number of aliphatic hydroxyl groups is 1. The molecule has 0 heterocycles. The van der Waals surface area contributed by atoms with E-state index in [0.29, 0.717) is 0 Å². The first-order valence-corrected chi connectivity index (χ1v) is 23.9. The minimum Gasteiger partial charge on any atom is -0.393 e. The highest BCUT2D eigenvalue weighted by atomic mass is 16.3. The molecule has 0 saturated carbocycles. The lowest BCUT2D eigenvalue weighted by Crippen LogP contribution is -2.07. The van der Waals surface area contributed by atoms with Gasteiger partial charge in [-0.3, -0.25) is 0 Å². The number of hydrogen-bond donors (Lipinski definition) is 1. The van der Waals surface area contributed by atoms with E-state index < -0.39 is 0 Å². The highest BCUT2D eigenvalue weighted by Gasteiger charge is 2.10. The Morgan fingerprint density at radius 2 is 0.388 bits per heavy atom. The van der Waals surface area contributed by atoms with E-state index in [-0.39, 0.29) is 6.10 Å². The van der Waals surface area contributed by atoms with Crippen molar-refractivity contribution in [3.8, 4) is 0 Å². The van der Waals surface area contributed by atoms with Crippen molar-refractivity contribution in [1.82, 2.24) is 0 Å². The SMILES string of the molecule is CCCCCCCCCCCCCCCCCCC(CCCCCCCCCCCCCCCCCC)CCCCC(O)CCCCCC. The van der Waals surface area contributed by atoms with E-state index in [1.54, 1.807) is 0 Å². The Labute approximate surface area is 313 Å². The molecule has 0 aliphatic carbocycles. The van der Waals surface area contributed by atoms with E-state index in [9.17, 15) is 5.11 Å². The van der Waals surface area contributed by atoms with Crippen LogP contribution in [-0.4, -0.2) is 11.2 Å². The van der Waals surface area contributed by atoms with Crippen molar-refractivity contribution in [3.63, 3.8) is 0 Å². The summed E-state index contributed by atoms with van der Waals surface area (Å²) in [6, 6.07) is 0. The van der Waals surface area contributed by atoms with Crippen LogP contribution in [0, 0.1) is 5.92 Å². The smallest absolute Gasteiger partial charge is 0.0540 e. The zero-order valence-corrected chi connectivity index (χ0v) is 35.0. The molecule has 1 unspecified atom stereocenters. The Hall–Kier alpha value is -0.0400. The average Bonchev–Trinajstić information content (AvgIpc) is 3.11. The van der Waals surface area contributed by atoms with Gasteiger partial charge in [-0.1, -0.05) is 284 Å². The minimum atomic E-state index is -0.0454. The van der Waals surface area contributed by atoms with Gasteiger partial charge >= 0.3 is 0 Å². The topological polar surface area (TPSA) is 20.2 Å². The van der Waals surface area contributed by atoms with Gasteiger partial charge < -0.3 is 5.11 Å². The molecule has 0 rings (SSSR count). The summed E-state index contributed by atoms with van der Waals surface area (Å²) in [5.74, 6) is 0.944. The molecule has 1 nitrogen and oxygen atoms in total. The van der Waals surface area contributed by atoms with Crippen molar-refractivity contribution in [2.75, 3.05) is 0 Å². The maximum absolute atomic E-state index is 10.4. The molecule has 0 amide bonds. The predicted octanol–water partition coefficient (Wildman–Crippen LogP) is 17.8. The summed E-state index contributed by atoms with van der Waals surface area (Å²) < 4.78 is 0. The van der Waals surface area contributed by atoms with Crippen LogP contribution in [0.25, 0.3) is 0 Å². The molecule has 296 valence electrons. The van der Waals surface area contributed by atoms with Crippen LogP contribution >= 0.6 is 0 Å². The van der Waals surface area contributed by atoms with Crippen molar-refractivity contribution < 1.29 is 5.11 Å². The summed E-state index contributed by atoms with van der Waals surface area (Å²) in [7, 11) is 0. The quantitative estimate of drug-likeness (QED) is 0.0631. The highest BCUT2D eigenvalue weighted by molar-refractivity contribution is 4.64. The van der Waals surface area contributed by atoms with Gasteiger partial charge in [0.2, 0.25) is 0 Å². The third-order valence-corrected chi connectivity index (χ3v) is 11.7. The van der Waals surface area contributed by atoms with E-state index in [4.69, 9.17) is 0 Å². The first kappa shape index (κ1) is 49.0. The van der Waals surface area contributed by atoms with E-state index in [1.807, 2.05) is 0 Å². The predicted molar refractivity (Wildman–Crippen MR) is 225 cm³/mol. The molecule has 0 aliphatic rings. The second-order valence-electron chi connectivity index (χ2n) is 16.8. The first-order valence-electron chi connectivity index (χ1n) is 23.9. The van der Waals surface area contributed by atoms with Gasteiger partial charge in [0.05, 0.1) is 6.10 Å². The number of hydrogen-bond acceptors (Lipinski definition) is 1. The fourth-order valence-corrected chi connectivity index (χ4v) is 8.16. The Morgan fingerprint density at radius 1 is 0.224 bits per heavy atom. The monoisotopic (exact) mass is 691 g/mol. The molecule has 0 bridgehead atoms. The van der Waals surface area contributed by atoms with Crippen LogP contribution in [0.1, 0.15) is 297 Å². The van der Waals surface area contributed by atoms with E-state index in [0.717, 1.165) is 18.8 Å². The summed E-state index contributed by atoms with van der Waals surface area (Å²) in [4.78, 5) is 0. The first-order chi connectivity index (χ1) is 24.2. The lowest BCUT2D eigenvalue weighted by molar-refractivity contribution is 0.146. The number of rotatable bonds is 44. The molecular formula is C48H98O. The molecule has 1 heteroatoms. The summed E-state index contributed by atoms with van der Waals surface area (Å²) in [5, 5.41) is 10.4. The lowest BCUT2D eigenvalue weighted by atomic mass is 9.89. The molecule has 0 aromatic carbocycles. The van der Waals surface area contributed by atoms with Crippen LogP contribution in [0.3, 0.4) is 0 Å². The third kappa shape index (κ3) is 42.3. The van der Waals surface area contributed by atoms with Gasteiger partial charge in [-0.2, -0.15) is 0 Å². The Morgan fingerprint density at radius 3 is 0.653 bits per heavy atom. The van der Waals surface area contributed by atoms with Crippen LogP contribution in [0.5, 0.6) is 0 Å².